The van der Waals surface area contributed by atoms with Crippen molar-refractivity contribution in [2.24, 2.45) is 11.8 Å². The second-order valence-electron chi connectivity index (χ2n) is 5.29. The maximum absolute atomic E-state index is 11.5. The summed E-state index contributed by atoms with van der Waals surface area (Å²) >= 11 is 0. The van der Waals surface area contributed by atoms with Gasteiger partial charge in [-0.15, -0.1) is 0 Å². The highest BCUT2D eigenvalue weighted by molar-refractivity contribution is 7.88. The number of nitrogens with zero attached hydrogens (tertiary/aromatic N) is 1. The molecule has 0 bridgehead atoms. The Balaban J connectivity index is 2.43. The molecular formula is C12H23NO3S. The molecule has 17 heavy (non-hydrogen) atoms. The van der Waals surface area contributed by atoms with Gasteiger partial charge in [-0.3, -0.25) is 4.79 Å². The molecule has 1 atom stereocenters. The fourth-order valence-electron chi connectivity index (χ4n) is 2.20. The number of carbonyl (C=O) groups is 1. The molecule has 0 aromatic carbocycles. The number of sulfonamides is 1. The number of ketones is 1. The van der Waals surface area contributed by atoms with Gasteiger partial charge in [0.1, 0.15) is 5.78 Å². The smallest absolute Gasteiger partial charge is 0.211 e. The van der Waals surface area contributed by atoms with Crippen molar-refractivity contribution in [3.63, 3.8) is 0 Å². The van der Waals surface area contributed by atoms with E-state index in [2.05, 4.69) is 0 Å². The van der Waals surface area contributed by atoms with Gasteiger partial charge in [-0.1, -0.05) is 13.8 Å². The van der Waals surface area contributed by atoms with Gasteiger partial charge in [-0.05, 0) is 25.2 Å². The van der Waals surface area contributed by atoms with Crippen molar-refractivity contribution in [1.82, 2.24) is 4.31 Å². The largest absolute Gasteiger partial charge is 0.299 e. The molecule has 0 aromatic heterocycles. The predicted octanol–water partition coefficient (Wildman–Crippen LogP) is 1.66. The highest BCUT2D eigenvalue weighted by Crippen LogP contribution is 2.23. The van der Waals surface area contributed by atoms with E-state index in [0.29, 0.717) is 25.4 Å². The molecule has 0 aliphatic carbocycles. The van der Waals surface area contributed by atoms with Crippen molar-refractivity contribution in [2.45, 2.75) is 39.5 Å². The minimum Gasteiger partial charge on any atom is -0.299 e. The van der Waals surface area contributed by atoms with Crippen molar-refractivity contribution >= 4 is 15.8 Å². The standard InChI is InChI=1S/C12H23NO3S/c1-10(2)12(14)7-6-11-5-4-8-13(9-11)17(3,15)16/h10-11H,4-9H2,1-3H3. The van der Waals surface area contributed by atoms with Crippen LogP contribution in [0.1, 0.15) is 39.5 Å². The highest BCUT2D eigenvalue weighted by Gasteiger charge is 2.26. The van der Waals surface area contributed by atoms with Gasteiger partial charge < -0.3 is 0 Å². The molecule has 0 radical (unpaired) electrons. The third-order valence-corrected chi connectivity index (χ3v) is 4.66. The van der Waals surface area contributed by atoms with Crippen molar-refractivity contribution in [1.29, 1.82) is 0 Å². The molecule has 100 valence electrons. The fourth-order valence-corrected chi connectivity index (χ4v) is 3.14. The Hall–Kier alpha value is -0.420. The van der Waals surface area contributed by atoms with Crippen molar-refractivity contribution in [3.05, 3.63) is 0 Å². The van der Waals surface area contributed by atoms with Crippen LogP contribution in [-0.4, -0.2) is 37.9 Å². The SMILES string of the molecule is CC(C)C(=O)CCC1CCCN(S(C)(=O)=O)C1. The van der Waals surface area contributed by atoms with E-state index in [4.69, 9.17) is 0 Å². The Kier molecular flexibility index (Phi) is 5.13. The molecule has 0 N–H and O–H groups in total. The van der Waals surface area contributed by atoms with E-state index in [1.54, 1.807) is 4.31 Å². The lowest BCUT2D eigenvalue weighted by Crippen LogP contribution is -2.39. The summed E-state index contributed by atoms with van der Waals surface area (Å²) in [4.78, 5) is 11.5. The van der Waals surface area contributed by atoms with E-state index in [1.165, 1.54) is 6.26 Å². The first kappa shape index (κ1) is 14.6. The summed E-state index contributed by atoms with van der Waals surface area (Å²) in [5.74, 6) is 0.715. The first-order chi connectivity index (χ1) is 7.80. The van der Waals surface area contributed by atoms with E-state index in [1.807, 2.05) is 13.8 Å². The topological polar surface area (TPSA) is 54.5 Å². The number of carbonyl (C=O) groups excluding carboxylic acids is 1. The molecule has 1 fully saturated rings. The predicted molar refractivity (Wildman–Crippen MR) is 68.2 cm³/mol. The summed E-state index contributed by atoms with van der Waals surface area (Å²) in [6.45, 7) is 5.04. The summed E-state index contributed by atoms with van der Waals surface area (Å²) in [7, 11) is -3.07. The van der Waals surface area contributed by atoms with Crippen LogP contribution in [0.4, 0.5) is 0 Å². The Morgan fingerprint density at radius 1 is 1.41 bits per heavy atom. The molecule has 1 saturated heterocycles. The lowest BCUT2D eigenvalue weighted by Gasteiger charge is -2.30. The zero-order valence-corrected chi connectivity index (χ0v) is 11.8. The van der Waals surface area contributed by atoms with E-state index >= 15 is 0 Å². The third-order valence-electron chi connectivity index (χ3n) is 3.39. The van der Waals surface area contributed by atoms with Crippen LogP contribution in [-0.2, 0) is 14.8 Å². The number of rotatable bonds is 5. The van der Waals surface area contributed by atoms with Gasteiger partial charge in [0, 0.05) is 25.4 Å². The summed E-state index contributed by atoms with van der Waals surface area (Å²) in [6.07, 6.45) is 4.61. The summed E-state index contributed by atoms with van der Waals surface area (Å²) in [5.41, 5.74) is 0. The molecule has 1 aliphatic rings. The molecule has 0 spiro atoms. The number of hydrogen-bond donors (Lipinski definition) is 0. The average molecular weight is 261 g/mol. The molecule has 1 aliphatic heterocycles. The third kappa shape index (κ3) is 4.76. The van der Waals surface area contributed by atoms with Crippen LogP contribution in [0.25, 0.3) is 0 Å². The van der Waals surface area contributed by atoms with Crippen LogP contribution in [0, 0.1) is 11.8 Å². The van der Waals surface area contributed by atoms with E-state index in [-0.39, 0.29) is 11.7 Å². The number of hydrogen-bond acceptors (Lipinski definition) is 3. The van der Waals surface area contributed by atoms with Crippen LogP contribution >= 0.6 is 0 Å². The van der Waals surface area contributed by atoms with Gasteiger partial charge in [-0.2, -0.15) is 0 Å². The minimum absolute atomic E-state index is 0.0876. The molecular weight excluding hydrogens is 238 g/mol. The quantitative estimate of drug-likeness (QED) is 0.756. The molecule has 1 heterocycles. The zero-order chi connectivity index (χ0) is 13.1. The second-order valence-corrected chi connectivity index (χ2v) is 7.27. The fraction of sp³-hybridized carbons (Fsp3) is 0.917. The van der Waals surface area contributed by atoms with Gasteiger partial charge in [0.15, 0.2) is 0 Å². The second kappa shape index (κ2) is 5.96. The van der Waals surface area contributed by atoms with E-state index in [9.17, 15) is 13.2 Å². The average Bonchev–Trinajstić information content (AvgIpc) is 2.25. The molecule has 0 saturated carbocycles. The molecule has 5 heteroatoms. The van der Waals surface area contributed by atoms with Gasteiger partial charge >= 0.3 is 0 Å². The Bertz CT molecular complexity index is 362. The van der Waals surface area contributed by atoms with Gasteiger partial charge in [0.2, 0.25) is 10.0 Å². The van der Waals surface area contributed by atoms with Gasteiger partial charge in [0.25, 0.3) is 0 Å². The van der Waals surface area contributed by atoms with Crippen LogP contribution in [0.2, 0.25) is 0 Å². The number of piperidine rings is 1. The lowest BCUT2D eigenvalue weighted by atomic mass is 9.92. The number of Topliss-reactive ketones (excluding diaryl/α,β-unsaturated/α-hetero) is 1. The molecule has 1 unspecified atom stereocenters. The summed E-state index contributed by atoms with van der Waals surface area (Å²) in [6, 6.07) is 0. The van der Waals surface area contributed by atoms with Crippen LogP contribution in [0.15, 0.2) is 0 Å². The first-order valence-corrected chi connectivity index (χ1v) is 8.13. The monoisotopic (exact) mass is 261 g/mol. The van der Waals surface area contributed by atoms with Gasteiger partial charge in [0.05, 0.1) is 6.26 Å². The van der Waals surface area contributed by atoms with Crippen LogP contribution in [0.5, 0.6) is 0 Å². The Labute approximate surface area is 104 Å². The molecule has 0 amide bonds. The van der Waals surface area contributed by atoms with E-state index in [0.717, 1.165) is 19.3 Å². The molecule has 1 rings (SSSR count). The van der Waals surface area contributed by atoms with Crippen LogP contribution < -0.4 is 0 Å². The van der Waals surface area contributed by atoms with Crippen molar-refractivity contribution in [2.75, 3.05) is 19.3 Å². The Morgan fingerprint density at radius 2 is 2.06 bits per heavy atom. The molecule has 4 nitrogen and oxygen atoms in total. The summed E-state index contributed by atoms with van der Waals surface area (Å²) in [5, 5.41) is 0. The molecule has 0 aromatic rings. The lowest BCUT2D eigenvalue weighted by molar-refractivity contribution is -0.122. The van der Waals surface area contributed by atoms with Crippen molar-refractivity contribution in [3.8, 4) is 0 Å². The minimum atomic E-state index is -3.07. The maximum atomic E-state index is 11.5. The van der Waals surface area contributed by atoms with Gasteiger partial charge in [-0.25, -0.2) is 12.7 Å². The summed E-state index contributed by atoms with van der Waals surface area (Å²) < 4.78 is 24.4. The van der Waals surface area contributed by atoms with E-state index < -0.39 is 10.0 Å². The Morgan fingerprint density at radius 3 is 2.59 bits per heavy atom. The normalized spacial score (nSPS) is 22.9. The maximum Gasteiger partial charge on any atom is 0.211 e. The first-order valence-electron chi connectivity index (χ1n) is 6.28. The van der Waals surface area contributed by atoms with Crippen LogP contribution in [0.3, 0.4) is 0 Å². The highest BCUT2D eigenvalue weighted by atomic mass is 32.2. The zero-order valence-electron chi connectivity index (χ0n) is 11.0. The van der Waals surface area contributed by atoms with Crippen molar-refractivity contribution < 1.29 is 13.2 Å².